The van der Waals surface area contributed by atoms with E-state index in [-0.39, 0.29) is 22.2 Å². The second kappa shape index (κ2) is 6.73. The Hall–Kier alpha value is -0.860. The minimum atomic E-state index is -4.10. The molecule has 0 spiro atoms. The summed E-state index contributed by atoms with van der Waals surface area (Å²) in [6, 6.07) is 2.27. The van der Waals surface area contributed by atoms with E-state index in [1.54, 1.807) is 6.92 Å². The highest BCUT2D eigenvalue weighted by Gasteiger charge is 2.23. The molecule has 0 radical (unpaired) electrons. The Bertz CT molecular complexity index is 617. The minimum absolute atomic E-state index is 0.00442. The molecule has 0 bridgehead atoms. The maximum absolute atomic E-state index is 11.9. The van der Waals surface area contributed by atoms with Crippen LogP contribution < -0.4 is 5.14 Å². The fourth-order valence-electron chi connectivity index (χ4n) is 1.43. The Morgan fingerprint density at radius 2 is 2.00 bits per heavy atom. The van der Waals surface area contributed by atoms with Gasteiger partial charge in [0.15, 0.2) is 0 Å². The summed E-state index contributed by atoms with van der Waals surface area (Å²) < 4.78 is 32.6. The zero-order chi connectivity index (χ0) is 15.5. The van der Waals surface area contributed by atoms with Crippen molar-refractivity contribution in [1.82, 2.24) is 0 Å². The fourth-order valence-corrected chi connectivity index (χ4v) is 2.88. The lowest BCUT2D eigenvalue weighted by Gasteiger charge is -2.14. The first-order valence-corrected chi connectivity index (χ1v) is 7.68. The SMILES string of the molecule is COCC(C)OC(=O)c1cc(Cl)cc(S(N)(=O)=O)c1Cl. The lowest BCUT2D eigenvalue weighted by molar-refractivity contribution is 0.0120. The third kappa shape index (κ3) is 4.32. The molecule has 0 heterocycles. The summed E-state index contributed by atoms with van der Waals surface area (Å²) in [5, 5.41) is 4.68. The second-order valence-corrected chi connectivity index (χ2v) is 6.33. The number of carbonyl (C=O) groups excluding carboxylic acids is 1. The van der Waals surface area contributed by atoms with Gasteiger partial charge in [-0.3, -0.25) is 0 Å². The Kier molecular flexibility index (Phi) is 5.79. The van der Waals surface area contributed by atoms with E-state index in [4.69, 9.17) is 37.8 Å². The van der Waals surface area contributed by atoms with Gasteiger partial charge in [0.2, 0.25) is 10.0 Å². The largest absolute Gasteiger partial charge is 0.457 e. The summed E-state index contributed by atoms with van der Waals surface area (Å²) in [5.41, 5.74) is -0.175. The summed E-state index contributed by atoms with van der Waals surface area (Å²) in [5.74, 6) is -0.813. The van der Waals surface area contributed by atoms with Crippen LogP contribution in [0.3, 0.4) is 0 Å². The van der Waals surface area contributed by atoms with Gasteiger partial charge in [-0.1, -0.05) is 23.2 Å². The van der Waals surface area contributed by atoms with Crippen LogP contribution in [0.4, 0.5) is 0 Å². The van der Waals surface area contributed by atoms with Crippen molar-refractivity contribution >= 4 is 39.2 Å². The van der Waals surface area contributed by atoms with Crippen molar-refractivity contribution in [1.29, 1.82) is 0 Å². The number of ether oxygens (including phenoxy) is 2. The highest BCUT2D eigenvalue weighted by atomic mass is 35.5. The molecular weight excluding hydrogens is 329 g/mol. The van der Waals surface area contributed by atoms with Gasteiger partial charge in [-0.15, -0.1) is 0 Å². The Balaban J connectivity index is 3.19. The first kappa shape index (κ1) is 17.2. The molecule has 2 N–H and O–H groups in total. The Labute approximate surface area is 126 Å². The van der Waals surface area contributed by atoms with E-state index < -0.39 is 27.0 Å². The van der Waals surface area contributed by atoms with Crippen LogP contribution in [0, 0.1) is 0 Å². The molecule has 0 aliphatic rings. The zero-order valence-corrected chi connectivity index (χ0v) is 13.1. The number of esters is 1. The summed E-state index contributed by atoms with van der Waals surface area (Å²) in [7, 11) is -2.65. The first-order valence-electron chi connectivity index (χ1n) is 5.38. The molecule has 6 nitrogen and oxygen atoms in total. The summed E-state index contributed by atoms with van der Waals surface area (Å²) >= 11 is 11.6. The van der Waals surface area contributed by atoms with E-state index in [1.807, 2.05) is 0 Å². The van der Waals surface area contributed by atoms with Crippen molar-refractivity contribution < 1.29 is 22.7 Å². The van der Waals surface area contributed by atoms with E-state index in [1.165, 1.54) is 13.2 Å². The standard InChI is InChI=1S/C11H13Cl2NO5S/c1-6(5-18-2)19-11(15)8-3-7(12)4-9(10(8)13)20(14,16)17/h3-4,6H,5H2,1-2H3,(H2,14,16,17). The fraction of sp³-hybridized carbons (Fsp3) is 0.364. The molecule has 9 heteroatoms. The number of benzene rings is 1. The van der Waals surface area contributed by atoms with Gasteiger partial charge in [0.1, 0.15) is 11.0 Å². The first-order chi connectivity index (χ1) is 9.16. The van der Waals surface area contributed by atoms with Gasteiger partial charge in [-0.25, -0.2) is 18.4 Å². The number of rotatable bonds is 5. The molecule has 0 amide bonds. The van der Waals surface area contributed by atoms with E-state index in [9.17, 15) is 13.2 Å². The highest BCUT2D eigenvalue weighted by Crippen LogP contribution is 2.29. The van der Waals surface area contributed by atoms with Gasteiger partial charge in [0.05, 0.1) is 17.2 Å². The van der Waals surface area contributed by atoms with Crippen LogP contribution in [0.2, 0.25) is 10.0 Å². The van der Waals surface area contributed by atoms with Crippen LogP contribution in [0.1, 0.15) is 17.3 Å². The molecule has 0 saturated carbocycles. The van der Waals surface area contributed by atoms with Gasteiger partial charge in [-0.05, 0) is 19.1 Å². The summed E-state index contributed by atoms with van der Waals surface area (Å²) in [6.45, 7) is 1.80. The smallest absolute Gasteiger partial charge is 0.340 e. The maximum atomic E-state index is 11.9. The number of carbonyl (C=O) groups is 1. The molecule has 0 fully saturated rings. The number of sulfonamides is 1. The van der Waals surface area contributed by atoms with Crippen LogP contribution in [-0.4, -0.2) is 34.2 Å². The van der Waals surface area contributed by atoms with Gasteiger partial charge in [0, 0.05) is 12.1 Å². The molecule has 0 aliphatic carbocycles. The van der Waals surface area contributed by atoms with Gasteiger partial charge in [-0.2, -0.15) is 0 Å². The lowest BCUT2D eigenvalue weighted by atomic mass is 10.2. The third-order valence-electron chi connectivity index (χ3n) is 2.24. The van der Waals surface area contributed by atoms with Crippen LogP contribution in [0.15, 0.2) is 17.0 Å². The molecule has 20 heavy (non-hydrogen) atoms. The number of halogens is 2. The topological polar surface area (TPSA) is 95.7 Å². The van der Waals surface area contributed by atoms with Gasteiger partial charge >= 0.3 is 5.97 Å². The van der Waals surface area contributed by atoms with Gasteiger partial charge < -0.3 is 9.47 Å². The van der Waals surface area contributed by atoms with Crippen LogP contribution in [0.5, 0.6) is 0 Å². The summed E-state index contributed by atoms with van der Waals surface area (Å²) in [6.07, 6.45) is -0.527. The average molecular weight is 342 g/mol. The van der Waals surface area contributed by atoms with E-state index in [0.717, 1.165) is 6.07 Å². The second-order valence-electron chi connectivity index (χ2n) is 3.98. The van der Waals surface area contributed by atoms with E-state index >= 15 is 0 Å². The molecule has 1 unspecified atom stereocenters. The van der Waals surface area contributed by atoms with Crippen LogP contribution in [0.25, 0.3) is 0 Å². The minimum Gasteiger partial charge on any atom is -0.457 e. The molecule has 1 rings (SSSR count). The summed E-state index contributed by atoms with van der Waals surface area (Å²) in [4.78, 5) is 11.5. The number of hydrogen-bond acceptors (Lipinski definition) is 5. The Morgan fingerprint density at radius 1 is 1.40 bits per heavy atom. The van der Waals surface area contributed by atoms with Crippen molar-refractivity contribution in [3.8, 4) is 0 Å². The van der Waals surface area contributed by atoms with Crippen LogP contribution in [-0.2, 0) is 19.5 Å². The molecule has 0 aromatic heterocycles. The number of hydrogen-bond donors (Lipinski definition) is 1. The van der Waals surface area contributed by atoms with E-state index in [0.29, 0.717) is 0 Å². The predicted molar refractivity (Wildman–Crippen MR) is 74.6 cm³/mol. The number of primary sulfonamides is 1. The molecule has 1 aromatic rings. The van der Waals surface area contributed by atoms with Crippen molar-refractivity contribution in [3.63, 3.8) is 0 Å². The van der Waals surface area contributed by atoms with Crippen LogP contribution >= 0.6 is 23.2 Å². The molecule has 0 saturated heterocycles. The quantitative estimate of drug-likeness (QED) is 0.824. The highest BCUT2D eigenvalue weighted by molar-refractivity contribution is 7.89. The molecular formula is C11H13Cl2NO5S. The number of nitrogens with two attached hydrogens (primary N) is 1. The van der Waals surface area contributed by atoms with Gasteiger partial charge in [0.25, 0.3) is 0 Å². The Morgan fingerprint density at radius 3 is 2.50 bits per heavy atom. The van der Waals surface area contributed by atoms with Crippen molar-refractivity contribution in [3.05, 3.63) is 27.7 Å². The normalized spacial score (nSPS) is 13.1. The number of methoxy groups -OCH3 is 1. The molecule has 1 atom stereocenters. The van der Waals surface area contributed by atoms with Crippen molar-refractivity contribution in [2.45, 2.75) is 17.9 Å². The van der Waals surface area contributed by atoms with E-state index in [2.05, 4.69) is 0 Å². The van der Waals surface area contributed by atoms with Crippen molar-refractivity contribution in [2.24, 2.45) is 5.14 Å². The zero-order valence-electron chi connectivity index (χ0n) is 10.7. The predicted octanol–water partition coefficient (Wildman–Crippen LogP) is 1.83. The van der Waals surface area contributed by atoms with Crippen molar-refractivity contribution in [2.75, 3.05) is 13.7 Å². The molecule has 1 aromatic carbocycles. The molecule has 112 valence electrons. The average Bonchev–Trinajstić information content (AvgIpc) is 2.30. The monoisotopic (exact) mass is 341 g/mol. The molecule has 0 aliphatic heterocycles. The lowest BCUT2D eigenvalue weighted by Crippen LogP contribution is -2.21. The third-order valence-corrected chi connectivity index (χ3v) is 3.91. The maximum Gasteiger partial charge on any atom is 0.340 e.